The summed E-state index contributed by atoms with van der Waals surface area (Å²) >= 11 is 0. The first-order valence-corrected chi connectivity index (χ1v) is 9.46. The maximum Gasteiger partial charge on any atom is 0.123 e. The number of hydrogen-bond donors (Lipinski definition) is 1. The maximum atomic E-state index is 13.5. The molecule has 2 aromatic heterocycles. The van der Waals surface area contributed by atoms with E-state index in [1.165, 1.54) is 17.7 Å². The van der Waals surface area contributed by atoms with Crippen LogP contribution in [-0.2, 0) is 19.4 Å². The minimum atomic E-state index is -0.263. The highest BCUT2D eigenvalue weighted by Crippen LogP contribution is 2.40. The lowest BCUT2D eigenvalue weighted by Crippen LogP contribution is -2.09. The van der Waals surface area contributed by atoms with Gasteiger partial charge in [0.05, 0.1) is 18.0 Å². The largest absolute Gasteiger partial charge is 0.392 e. The zero-order valence-electron chi connectivity index (χ0n) is 15.7. The Morgan fingerprint density at radius 3 is 2.56 bits per heavy atom. The maximum absolute atomic E-state index is 13.5. The van der Waals surface area contributed by atoms with Gasteiger partial charge in [0, 0.05) is 17.5 Å². The number of hydrogen-bond acceptors (Lipinski definition) is 3. The summed E-state index contributed by atoms with van der Waals surface area (Å²) in [6.07, 6.45) is 4.61. The molecule has 0 unspecified atom stereocenters. The third kappa shape index (κ3) is 3.15. The van der Waals surface area contributed by atoms with Crippen LogP contribution >= 0.6 is 0 Å². The average Bonchev–Trinajstić information content (AvgIpc) is 2.86. The third-order valence-corrected chi connectivity index (χ3v) is 5.26. The van der Waals surface area contributed by atoms with Crippen molar-refractivity contribution in [2.24, 2.45) is 0 Å². The van der Waals surface area contributed by atoms with Crippen molar-refractivity contribution in [2.75, 3.05) is 0 Å². The van der Waals surface area contributed by atoms with Crippen LogP contribution in [0.25, 0.3) is 22.5 Å². The molecule has 0 spiro atoms. The van der Waals surface area contributed by atoms with E-state index < -0.39 is 0 Å². The fourth-order valence-corrected chi connectivity index (χ4v) is 4.04. The van der Waals surface area contributed by atoms with Gasteiger partial charge in [-0.1, -0.05) is 32.0 Å². The number of aliphatic hydroxyl groups excluding tert-OH is 1. The first kappa shape index (κ1) is 17.8. The molecule has 1 aliphatic carbocycles. The van der Waals surface area contributed by atoms with Gasteiger partial charge >= 0.3 is 0 Å². The molecule has 0 saturated carbocycles. The number of rotatable bonds is 3. The summed E-state index contributed by atoms with van der Waals surface area (Å²) in [4.78, 5) is 9.63. The molecule has 0 atom stereocenters. The highest BCUT2D eigenvalue weighted by atomic mass is 19.1. The van der Waals surface area contributed by atoms with Gasteiger partial charge in [0.15, 0.2) is 0 Å². The molecule has 0 saturated heterocycles. The number of aliphatic hydroxyl groups is 1. The molecule has 0 bridgehead atoms. The van der Waals surface area contributed by atoms with Gasteiger partial charge in [-0.25, -0.2) is 4.39 Å². The smallest absolute Gasteiger partial charge is 0.123 e. The lowest BCUT2D eigenvalue weighted by molar-refractivity contribution is 0.280. The lowest BCUT2D eigenvalue weighted by Gasteiger charge is -2.22. The molecule has 3 nitrogen and oxygen atoms in total. The Kier molecular flexibility index (Phi) is 4.75. The van der Waals surface area contributed by atoms with Crippen LogP contribution in [0.4, 0.5) is 4.39 Å². The van der Waals surface area contributed by atoms with E-state index >= 15 is 0 Å². The molecule has 4 rings (SSSR count). The van der Waals surface area contributed by atoms with Gasteiger partial charge in [0.25, 0.3) is 0 Å². The van der Waals surface area contributed by atoms with E-state index in [1.807, 2.05) is 12.3 Å². The molecular formula is C23H23FN2O. The predicted octanol–water partition coefficient (Wildman–Crippen LogP) is 5.05. The van der Waals surface area contributed by atoms with E-state index in [4.69, 9.17) is 4.98 Å². The Labute approximate surface area is 158 Å². The summed E-state index contributed by atoms with van der Waals surface area (Å²) in [5.41, 5.74) is 7.78. The highest BCUT2D eigenvalue weighted by Gasteiger charge is 2.26. The summed E-state index contributed by atoms with van der Waals surface area (Å²) in [7, 11) is 0. The van der Waals surface area contributed by atoms with Gasteiger partial charge in [-0.15, -0.1) is 0 Å². The Morgan fingerprint density at radius 1 is 1.07 bits per heavy atom. The van der Waals surface area contributed by atoms with Crippen molar-refractivity contribution in [1.29, 1.82) is 0 Å². The quantitative estimate of drug-likeness (QED) is 0.709. The second kappa shape index (κ2) is 7.20. The topological polar surface area (TPSA) is 46.0 Å². The molecule has 2 heterocycles. The monoisotopic (exact) mass is 362 g/mol. The number of fused-ring (bicyclic) bond motifs is 3. The zero-order chi connectivity index (χ0) is 19.0. The Morgan fingerprint density at radius 2 is 1.85 bits per heavy atom. The molecule has 3 aromatic rings. The fourth-order valence-electron chi connectivity index (χ4n) is 4.04. The van der Waals surface area contributed by atoms with Crippen LogP contribution in [0.2, 0.25) is 0 Å². The molecule has 27 heavy (non-hydrogen) atoms. The van der Waals surface area contributed by atoms with Crippen LogP contribution in [0.5, 0.6) is 0 Å². The summed E-state index contributed by atoms with van der Waals surface area (Å²) in [6, 6.07) is 10.6. The van der Waals surface area contributed by atoms with Crippen LogP contribution in [-0.4, -0.2) is 15.1 Å². The number of halogens is 1. The Balaban J connectivity index is 2.09. The van der Waals surface area contributed by atoms with Crippen molar-refractivity contribution in [3.8, 4) is 22.5 Å². The summed E-state index contributed by atoms with van der Waals surface area (Å²) in [6.45, 7) is 4.08. The summed E-state index contributed by atoms with van der Waals surface area (Å²) in [5.74, 6) is -0.104. The minimum absolute atomic E-state index is 0.0877. The molecular weight excluding hydrogens is 339 g/mol. The number of aryl methyl sites for hydroxylation is 1. The molecule has 0 fully saturated rings. The van der Waals surface area contributed by atoms with E-state index in [2.05, 4.69) is 24.9 Å². The molecule has 1 N–H and O–H groups in total. The third-order valence-electron chi connectivity index (χ3n) is 5.26. The fraction of sp³-hybridized carbons (Fsp3) is 0.304. The van der Waals surface area contributed by atoms with Crippen LogP contribution in [0.15, 0.2) is 42.6 Å². The lowest BCUT2D eigenvalue weighted by atomic mass is 9.88. The zero-order valence-corrected chi connectivity index (χ0v) is 15.7. The van der Waals surface area contributed by atoms with Gasteiger partial charge < -0.3 is 5.11 Å². The van der Waals surface area contributed by atoms with Crippen LogP contribution < -0.4 is 0 Å². The van der Waals surface area contributed by atoms with Crippen LogP contribution in [0.1, 0.15) is 48.6 Å². The summed E-state index contributed by atoms with van der Waals surface area (Å²) in [5, 5.41) is 10.2. The number of benzene rings is 1. The van der Waals surface area contributed by atoms with Gasteiger partial charge in [-0.05, 0) is 65.6 Å². The van der Waals surface area contributed by atoms with Gasteiger partial charge in [0.2, 0.25) is 0 Å². The average molecular weight is 362 g/mol. The van der Waals surface area contributed by atoms with Crippen molar-refractivity contribution in [1.82, 2.24) is 9.97 Å². The van der Waals surface area contributed by atoms with Crippen molar-refractivity contribution in [3.63, 3.8) is 0 Å². The SMILES string of the molecule is CC(C)c1nc2c(c(-c3ccc(F)cc3)c1CO)CCCc1cccnc1-2. The number of aromatic nitrogens is 2. The second-order valence-electron chi connectivity index (χ2n) is 7.36. The van der Waals surface area contributed by atoms with Gasteiger partial charge in [0.1, 0.15) is 5.82 Å². The highest BCUT2D eigenvalue weighted by molar-refractivity contribution is 5.80. The van der Waals surface area contributed by atoms with Crippen molar-refractivity contribution in [2.45, 2.75) is 45.6 Å². The molecule has 0 amide bonds. The van der Waals surface area contributed by atoms with Crippen molar-refractivity contribution >= 4 is 0 Å². The Bertz CT molecular complexity index is 980. The van der Waals surface area contributed by atoms with Crippen molar-refractivity contribution in [3.05, 3.63) is 70.8 Å². The van der Waals surface area contributed by atoms with Gasteiger partial charge in [-0.3, -0.25) is 9.97 Å². The molecule has 0 radical (unpaired) electrons. The van der Waals surface area contributed by atoms with E-state index in [0.717, 1.165) is 58.6 Å². The van der Waals surface area contributed by atoms with E-state index in [0.29, 0.717) is 0 Å². The normalized spacial score (nSPS) is 13.2. The molecule has 1 aromatic carbocycles. The second-order valence-corrected chi connectivity index (χ2v) is 7.36. The van der Waals surface area contributed by atoms with Crippen LogP contribution in [0, 0.1) is 5.82 Å². The predicted molar refractivity (Wildman–Crippen MR) is 105 cm³/mol. The molecule has 4 heteroatoms. The number of pyridine rings is 2. The first-order valence-electron chi connectivity index (χ1n) is 9.46. The summed E-state index contributed by atoms with van der Waals surface area (Å²) < 4.78 is 13.5. The van der Waals surface area contributed by atoms with E-state index in [1.54, 1.807) is 12.1 Å². The molecule has 1 aliphatic rings. The van der Waals surface area contributed by atoms with Crippen molar-refractivity contribution < 1.29 is 9.50 Å². The molecule has 0 aliphatic heterocycles. The minimum Gasteiger partial charge on any atom is -0.392 e. The molecule has 138 valence electrons. The number of nitrogens with zero attached hydrogens (tertiary/aromatic N) is 2. The first-order chi connectivity index (χ1) is 13.1. The van der Waals surface area contributed by atoms with E-state index in [9.17, 15) is 9.50 Å². The van der Waals surface area contributed by atoms with Gasteiger partial charge in [-0.2, -0.15) is 0 Å². The van der Waals surface area contributed by atoms with E-state index in [-0.39, 0.29) is 18.3 Å². The standard InChI is InChI=1S/C23H23FN2O/c1-14(2)21-19(13-27)20(15-8-10-17(24)11-9-15)18-7-3-5-16-6-4-12-25-22(16)23(18)26-21/h4,6,8-12,14,27H,3,5,7,13H2,1-2H3. The Hall–Kier alpha value is -2.59. The van der Waals surface area contributed by atoms with Crippen LogP contribution in [0.3, 0.4) is 0 Å².